The molecule has 0 radical (unpaired) electrons. The third-order valence-electron chi connectivity index (χ3n) is 3.08. The third-order valence-corrected chi connectivity index (χ3v) is 3.08. The fourth-order valence-corrected chi connectivity index (χ4v) is 2.01. The molecule has 0 aliphatic rings. The lowest BCUT2D eigenvalue weighted by atomic mass is 10.3. The van der Waals surface area contributed by atoms with E-state index < -0.39 is 0 Å². The van der Waals surface area contributed by atoms with Crippen LogP contribution in [0.25, 0.3) is 0 Å². The number of anilines is 2. The number of nitrogens with zero attached hydrogens (tertiary/aromatic N) is 3. The summed E-state index contributed by atoms with van der Waals surface area (Å²) in [7, 11) is 0. The summed E-state index contributed by atoms with van der Waals surface area (Å²) in [6.45, 7) is 3.19. The van der Waals surface area contributed by atoms with Gasteiger partial charge in [0.05, 0.1) is 12.8 Å². The van der Waals surface area contributed by atoms with Gasteiger partial charge in [0.15, 0.2) is 0 Å². The van der Waals surface area contributed by atoms with Crippen molar-refractivity contribution in [3.63, 3.8) is 0 Å². The van der Waals surface area contributed by atoms with E-state index >= 15 is 0 Å². The van der Waals surface area contributed by atoms with E-state index in [1.54, 1.807) is 18.7 Å². The molecule has 6 nitrogen and oxygen atoms in total. The Morgan fingerprint density at radius 3 is 2.68 bits per heavy atom. The van der Waals surface area contributed by atoms with Gasteiger partial charge in [-0.1, -0.05) is 0 Å². The second-order valence-corrected chi connectivity index (χ2v) is 4.86. The number of pyridine rings is 1. The molecular weight excluding hydrogens is 278 g/mol. The molecule has 3 aromatic heterocycles. The number of hydrogen-bond donors (Lipinski definition) is 2. The van der Waals surface area contributed by atoms with Crippen molar-refractivity contribution in [3.05, 3.63) is 66.0 Å². The molecule has 3 aromatic rings. The standard InChI is InChI=1S/C16H17N5O/c1-12-9-15(18-10-13-4-6-17-7-5-13)21-16(20-12)19-11-14-3-2-8-22-14/h2-9H,10-11H2,1H3,(H2,18,19,20,21). The van der Waals surface area contributed by atoms with Crippen molar-refractivity contribution >= 4 is 11.8 Å². The van der Waals surface area contributed by atoms with E-state index in [4.69, 9.17) is 4.42 Å². The molecule has 0 saturated heterocycles. The molecule has 6 heteroatoms. The quantitative estimate of drug-likeness (QED) is 0.728. The summed E-state index contributed by atoms with van der Waals surface area (Å²) in [6.07, 6.45) is 5.20. The van der Waals surface area contributed by atoms with E-state index in [1.807, 2.05) is 37.3 Å². The summed E-state index contributed by atoms with van der Waals surface area (Å²) in [5.41, 5.74) is 2.05. The molecule has 0 aliphatic carbocycles. The summed E-state index contributed by atoms with van der Waals surface area (Å²) >= 11 is 0. The zero-order chi connectivity index (χ0) is 15.2. The highest BCUT2D eigenvalue weighted by atomic mass is 16.3. The first-order chi connectivity index (χ1) is 10.8. The summed E-state index contributed by atoms with van der Waals surface area (Å²) in [5, 5.41) is 6.45. The maximum atomic E-state index is 5.28. The lowest BCUT2D eigenvalue weighted by molar-refractivity contribution is 0.517. The van der Waals surface area contributed by atoms with E-state index in [1.165, 1.54) is 0 Å². The van der Waals surface area contributed by atoms with Gasteiger partial charge in [0.1, 0.15) is 11.6 Å². The van der Waals surface area contributed by atoms with Crippen molar-refractivity contribution in [1.29, 1.82) is 0 Å². The Labute approximate surface area is 128 Å². The highest BCUT2D eigenvalue weighted by Crippen LogP contribution is 2.12. The predicted molar refractivity (Wildman–Crippen MR) is 84.4 cm³/mol. The summed E-state index contributed by atoms with van der Waals surface area (Å²) < 4.78 is 5.28. The first kappa shape index (κ1) is 14.1. The lowest BCUT2D eigenvalue weighted by Crippen LogP contribution is -2.07. The highest BCUT2D eigenvalue weighted by molar-refractivity contribution is 5.42. The highest BCUT2D eigenvalue weighted by Gasteiger charge is 2.03. The van der Waals surface area contributed by atoms with Crippen molar-refractivity contribution in [2.24, 2.45) is 0 Å². The minimum absolute atomic E-state index is 0.556. The zero-order valence-electron chi connectivity index (χ0n) is 12.3. The molecule has 0 amide bonds. The molecule has 0 aromatic carbocycles. The van der Waals surface area contributed by atoms with E-state index in [9.17, 15) is 0 Å². The monoisotopic (exact) mass is 295 g/mol. The molecule has 2 N–H and O–H groups in total. The molecule has 0 aliphatic heterocycles. The predicted octanol–water partition coefficient (Wildman–Crippen LogP) is 3.00. The minimum Gasteiger partial charge on any atom is -0.467 e. The zero-order valence-corrected chi connectivity index (χ0v) is 12.3. The van der Waals surface area contributed by atoms with Crippen LogP contribution in [0.3, 0.4) is 0 Å². The van der Waals surface area contributed by atoms with Gasteiger partial charge in [-0.15, -0.1) is 0 Å². The molecule has 22 heavy (non-hydrogen) atoms. The number of rotatable bonds is 6. The molecular formula is C16H17N5O. The van der Waals surface area contributed by atoms with E-state index in [0.29, 0.717) is 19.0 Å². The van der Waals surface area contributed by atoms with Crippen molar-refractivity contribution in [3.8, 4) is 0 Å². The largest absolute Gasteiger partial charge is 0.467 e. The van der Waals surface area contributed by atoms with Gasteiger partial charge < -0.3 is 15.1 Å². The maximum Gasteiger partial charge on any atom is 0.225 e. The van der Waals surface area contributed by atoms with Gasteiger partial charge in [0.25, 0.3) is 0 Å². The normalized spacial score (nSPS) is 10.4. The number of aryl methyl sites for hydroxylation is 1. The molecule has 0 saturated carbocycles. The Kier molecular flexibility index (Phi) is 4.29. The fourth-order valence-electron chi connectivity index (χ4n) is 2.01. The molecule has 3 rings (SSSR count). The average Bonchev–Trinajstić information content (AvgIpc) is 3.05. The number of furan rings is 1. The lowest BCUT2D eigenvalue weighted by Gasteiger charge is -2.09. The van der Waals surface area contributed by atoms with Gasteiger partial charge >= 0.3 is 0 Å². The van der Waals surface area contributed by atoms with Gasteiger partial charge in [-0.2, -0.15) is 4.98 Å². The Balaban J connectivity index is 1.64. The van der Waals surface area contributed by atoms with Crippen LogP contribution in [0, 0.1) is 6.92 Å². The fraction of sp³-hybridized carbons (Fsp3) is 0.188. The van der Waals surface area contributed by atoms with Crippen molar-refractivity contribution in [1.82, 2.24) is 15.0 Å². The minimum atomic E-state index is 0.556. The van der Waals surface area contributed by atoms with E-state index in [-0.39, 0.29) is 0 Å². The molecule has 112 valence electrons. The number of nitrogens with one attached hydrogen (secondary N) is 2. The summed E-state index contributed by atoms with van der Waals surface area (Å²) in [5.74, 6) is 2.20. The van der Waals surface area contributed by atoms with Gasteiger partial charge in [0.2, 0.25) is 5.95 Å². The molecule has 0 spiro atoms. The number of hydrogen-bond acceptors (Lipinski definition) is 6. The molecule has 3 heterocycles. The van der Waals surface area contributed by atoms with Gasteiger partial charge in [-0.25, -0.2) is 4.98 Å². The molecule has 0 fully saturated rings. The number of aromatic nitrogens is 3. The SMILES string of the molecule is Cc1cc(NCc2ccncc2)nc(NCc2ccco2)n1. The molecule has 0 atom stereocenters. The van der Waals surface area contributed by atoms with Crippen LogP contribution in [0.1, 0.15) is 17.0 Å². The van der Waals surface area contributed by atoms with Crippen LogP contribution < -0.4 is 10.6 Å². The van der Waals surface area contributed by atoms with Crippen LogP contribution >= 0.6 is 0 Å². The van der Waals surface area contributed by atoms with Crippen molar-refractivity contribution < 1.29 is 4.42 Å². The third kappa shape index (κ3) is 3.82. The van der Waals surface area contributed by atoms with Crippen LogP contribution in [0.5, 0.6) is 0 Å². The van der Waals surface area contributed by atoms with Gasteiger partial charge in [-0.3, -0.25) is 4.98 Å². The second kappa shape index (κ2) is 6.71. The van der Waals surface area contributed by atoms with E-state index in [2.05, 4.69) is 25.6 Å². The van der Waals surface area contributed by atoms with Crippen molar-refractivity contribution in [2.45, 2.75) is 20.0 Å². The molecule has 0 unspecified atom stereocenters. The Hall–Kier alpha value is -2.89. The van der Waals surface area contributed by atoms with Crippen LogP contribution in [-0.2, 0) is 13.1 Å². The average molecular weight is 295 g/mol. The summed E-state index contributed by atoms with van der Waals surface area (Å²) in [6, 6.07) is 9.62. The topological polar surface area (TPSA) is 75.9 Å². The first-order valence-electron chi connectivity index (χ1n) is 7.04. The smallest absolute Gasteiger partial charge is 0.225 e. The van der Waals surface area contributed by atoms with Crippen LogP contribution in [-0.4, -0.2) is 15.0 Å². The Morgan fingerprint density at radius 2 is 1.91 bits per heavy atom. The Morgan fingerprint density at radius 1 is 1.05 bits per heavy atom. The van der Waals surface area contributed by atoms with Crippen LogP contribution in [0.4, 0.5) is 11.8 Å². The first-order valence-corrected chi connectivity index (χ1v) is 7.04. The molecule has 0 bridgehead atoms. The maximum absolute atomic E-state index is 5.28. The Bertz CT molecular complexity index is 713. The van der Waals surface area contributed by atoms with Crippen LogP contribution in [0.2, 0.25) is 0 Å². The van der Waals surface area contributed by atoms with Gasteiger partial charge in [-0.05, 0) is 36.8 Å². The van der Waals surface area contributed by atoms with E-state index in [0.717, 1.165) is 22.8 Å². The van der Waals surface area contributed by atoms with Gasteiger partial charge in [0, 0.05) is 30.7 Å². The second-order valence-electron chi connectivity index (χ2n) is 4.86. The van der Waals surface area contributed by atoms with Crippen LogP contribution in [0.15, 0.2) is 53.4 Å². The van der Waals surface area contributed by atoms with Crippen molar-refractivity contribution in [2.75, 3.05) is 10.6 Å². The summed E-state index contributed by atoms with van der Waals surface area (Å²) in [4.78, 5) is 12.8.